The molecule has 1 aliphatic carbocycles. The molecule has 2 aromatic carbocycles. The highest BCUT2D eigenvalue weighted by Gasteiger charge is 2.39. The number of amides is 1. The smallest absolute Gasteiger partial charge is 0.273 e. The fourth-order valence-corrected chi connectivity index (χ4v) is 4.22. The molecule has 0 radical (unpaired) electrons. The number of carbonyl (C=O) groups excluding carboxylic acids is 1. The Labute approximate surface area is 194 Å². The van der Waals surface area contributed by atoms with Gasteiger partial charge in [-0.05, 0) is 55.9 Å². The lowest BCUT2D eigenvalue weighted by Gasteiger charge is -2.49. The van der Waals surface area contributed by atoms with Gasteiger partial charge in [0.2, 0.25) is 0 Å². The van der Waals surface area contributed by atoms with Gasteiger partial charge in [-0.1, -0.05) is 47.7 Å². The van der Waals surface area contributed by atoms with Crippen molar-refractivity contribution in [2.75, 3.05) is 13.1 Å². The lowest BCUT2D eigenvalue weighted by Crippen LogP contribution is -2.64. The number of nitrogens with one attached hydrogen (secondary N) is 1. The van der Waals surface area contributed by atoms with E-state index in [1.54, 1.807) is 10.9 Å². The highest BCUT2D eigenvalue weighted by atomic mass is 16.5. The average Bonchev–Trinajstić information content (AvgIpc) is 3.49. The number of ether oxygens (including phenoxy) is 1. The molecule has 1 saturated heterocycles. The molecule has 1 saturated carbocycles. The van der Waals surface area contributed by atoms with Gasteiger partial charge in [-0.2, -0.15) is 0 Å². The molecule has 172 valence electrons. The lowest BCUT2D eigenvalue weighted by molar-refractivity contribution is 0.0208. The summed E-state index contributed by atoms with van der Waals surface area (Å²) < 4.78 is 7.70. The van der Waals surface area contributed by atoms with Crippen molar-refractivity contribution >= 4 is 5.91 Å². The normalized spacial score (nSPS) is 16.9. The van der Waals surface area contributed by atoms with E-state index in [1.807, 2.05) is 30.3 Å². The van der Waals surface area contributed by atoms with Crippen molar-refractivity contribution in [1.29, 1.82) is 0 Å². The summed E-state index contributed by atoms with van der Waals surface area (Å²) in [7, 11) is 0. The molecule has 3 aromatic rings. The van der Waals surface area contributed by atoms with Crippen LogP contribution in [-0.4, -0.2) is 44.9 Å². The summed E-state index contributed by atoms with van der Waals surface area (Å²) >= 11 is 0. The zero-order valence-electron chi connectivity index (χ0n) is 19.3. The number of likely N-dealkylation sites (tertiary alicyclic amines) is 1. The third kappa shape index (κ3) is 5.09. The Bertz CT molecular complexity index is 1080. The van der Waals surface area contributed by atoms with Crippen LogP contribution in [0.2, 0.25) is 0 Å². The third-order valence-corrected chi connectivity index (χ3v) is 6.73. The number of carbonyl (C=O) groups is 1. The molecule has 0 unspecified atom stereocenters. The molecule has 33 heavy (non-hydrogen) atoms. The number of rotatable bonds is 9. The first-order chi connectivity index (χ1) is 16.0. The van der Waals surface area contributed by atoms with Gasteiger partial charge < -0.3 is 10.1 Å². The van der Waals surface area contributed by atoms with Crippen LogP contribution >= 0.6 is 0 Å². The SMILES string of the molecule is CC(C)(c1ccc(OCc2ccccc2)cc1)N1CC(NC(=O)c2cn(CC3CC3)nn2)C1. The van der Waals surface area contributed by atoms with E-state index >= 15 is 0 Å². The molecule has 0 spiro atoms. The van der Waals surface area contributed by atoms with Gasteiger partial charge in [0.15, 0.2) is 5.69 Å². The molecule has 1 amide bonds. The van der Waals surface area contributed by atoms with Crippen LogP contribution in [0.3, 0.4) is 0 Å². The van der Waals surface area contributed by atoms with E-state index < -0.39 is 0 Å². The van der Waals surface area contributed by atoms with E-state index in [0.717, 1.165) is 30.9 Å². The fourth-order valence-electron chi connectivity index (χ4n) is 4.22. The van der Waals surface area contributed by atoms with E-state index in [2.05, 4.69) is 58.6 Å². The van der Waals surface area contributed by atoms with Crippen LogP contribution in [0, 0.1) is 5.92 Å². The van der Waals surface area contributed by atoms with Gasteiger partial charge in [0, 0.05) is 25.2 Å². The van der Waals surface area contributed by atoms with Crippen LogP contribution in [0.1, 0.15) is 48.3 Å². The minimum atomic E-state index is -0.139. The quantitative estimate of drug-likeness (QED) is 0.545. The maximum absolute atomic E-state index is 12.5. The predicted octanol–water partition coefficient (Wildman–Crippen LogP) is 3.62. The summed E-state index contributed by atoms with van der Waals surface area (Å²) in [5.41, 5.74) is 2.65. The molecule has 1 aromatic heterocycles. The van der Waals surface area contributed by atoms with Gasteiger partial charge in [-0.3, -0.25) is 14.4 Å². The second-order valence-corrected chi connectivity index (χ2v) is 9.70. The Morgan fingerprint density at radius 3 is 2.52 bits per heavy atom. The minimum absolute atomic E-state index is 0.124. The summed E-state index contributed by atoms with van der Waals surface area (Å²) in [6, 6.07) is 18.6. The molecule has 7 nitrogen and oxygen atoms in total. The predicted molar refractivity (Wildman–Crippen MR) is 126 cm³/mol. The monoisotopic (exact) mass is 445 g/mol. The van der Waals surface area contributed by atoms with Gasteiger partial charge in [-0.15, -0.1) is 5.10 Å². The van der Waals surface area contributed by atoms with Crippen LogP contribution in [0.5, 0.6) is 5.75 Å². The molecule has 0 bridgehead atoms. The highest BCUT2D eigenvalue weighted by Crippen LogP contribution is 2.33. The van der Waals surface area contributed by atoms with Gasteiger partial charge in [0.25, 0.3) is 5.91 Å². The van der Waals surface area contributed by atoms with Crippen molar-refractivity contribution in [3.63, 3.8) is 0 Å². The molecular weight excluding hydrogens is 414 g/mol. The van der Waals surface area contributed by atoms with Gasteiger partial charge >= 0.3 is 0 Å². The van der Waals surface area contributed by atoms with Crippen LogP contribution < -0.4 is 10.1 Å². The number of benzene rings is 2. The van der Waals surface area contributed by atoms with Crippen LogP contribution in [-0.2, 0) is 18.7 Å². The minimum Gasteiger partial charge on any atom is -0.489 e. The Balaban J connectivity index is 1.11. The third-order valence-electron chi connectivity index (χ3n) is 6.73. The number of aromatic nitrogens is 3. The molecule has 2 fully saturated rings. The summed E-state index contributed by atoms with van der Waals surface area (Å²) in [4.78, 5) is 14.9. The Morgan fingerprint density at radius 1 is 1.09 bits per heavy atom. The lowest BCUT2D eigenvalue weighted by atomic mass is 9.88. The summed E-state index contributed by atoms with van der Waals surface area (Å²) in [6.07, 6.45) is 4.26. The van der Waals surface area contributed by atoms with Crippen molar-refractivity contribution in [1.82, 2.24) is 25.2 Å². The molecule has 2 heterocycles. The second kappa shape index (κ2) is 8.98. The highest BCUT2D eigenvalue weighted by molar-refractivity contribution is 5.92. The Hall–Kier alpha value is -3.19. The van der Waals surface area contributed by atoms with E-state index in [1.165, 1.54) is 18.4 Å². The van der Waals surface area contributed by atoms with E-state index in [9.17, 15) is 4.79 Å². The van der Waals surface area contributed by atoms with Crippen molar-refractivity contribution < 1.29 is 9.53 Å². The molecule has 5 rings (SSSR count). The topological polar surface area (TPSA) is 72.3 Å². The first kappa shape index (κ1) is 21.6. The van der Waals surface area contributed by atoms with Crippen LogP contribution in [0.15, 0.2) is 60.8 Å². The molecule has 0 atom stereocenters. The van der Waals surface area contributed by atoms with Gasteiger partial charge in [0.1, 0.15) is 12.4 Å². The van der Waals surface area contributed by atoms with Crippen molar-refractivity contribution in [3.05, 3.63) is 77.6 Å². The summed E-state index contributed by atoms with van der Waals surface area (Å²) in [5, 5.41) is 11.2. The van der Waals surface area contributed by atoms with Crippen molar-refractivity contribution in [2.45, 2.75) is 51.4 Å². The second-order valence-electron chi connectivity index (χ2n) is 9.70. The van der Waals surface area contributed by atoms with Crippen LogP contribution in [0.25, 0.3) is 0 Å². The average molecular weight is 446 g/mol. The molecule has 7 heteroatoms. The Kier molecular flexibility index (Phi) is 5.89. The first-order valence-electron chi connectivity index (χ1n) is 11.7. The first-order valence-corrected chi connectivity index (χ1v) is 11.7. The zero-order valence-corrected chi connectivity index (χ0v) is 19.3. The van der Waals surface area contributed by atoms with Gasteiger partial charge in [0.05, 0.1) is 12.2 Å². The van der Waals surface area contributed by atoms with Gasteiger partial charge in [-0.25, -0.2) is 0 Å². The summed E-state index contributed by atoms with van der Waals surface area (Å²) in [5.74, 6) is 1.43. The molecule has 2 aliphatic rings. The molecule has 1 N–H and O–H groups in total. The maximum atomic E-state index is 12.5. The van der Waals surface area contributed by atoms with Crippen molar-refractivity contribution in [2.24, 2.45) is 5.92 Å². The van der Waals surface area contributed by atoms with Crippen molar-refractivity contribution in [3.8, 4) is 5.75 Å². The molecule has 1 aliphatic heterocycles. The molecular formula is C26H31N5O2. The van der Waals surface area contributed by atoms with Crippen LogP contribution in [0.4, 0.5) is 0 Å². The zero-order chi connectivity index (χ0) is 22.8. The number of nitrogens with zero attached hydrogens (tertiary/aromatic N) is 4. The van der Waals surface area contributed by atoms with E-state index in [-0.39, 0.29) is 17.5 Å². The summed E-state index contributed by atoms with van der Waals surface area (Å²) in [6.45, 7) is 7.47. The standard InChI is InChI=1S/C26H31N5O2/c1-26(2,21-10-12-23(13-11-21)33-18-20-6-4-3-5-7-20)30-15-22(16-30)27-25(32)24-17-31(29-28-24)14-19-8-9-19/h3-7,10-13,17,19,22H,8-9,14-16,18H2,1-2H3,(H,27,32). The maximum Gasteiger partial charge on any atom is 0.273 e. The fraction of sp³-hybridized carbons (Fsp3) is 0.423. The van der Waals surface area contributed by atoms with E-state index in [0.29, 0.717) is 18.2 Å². The van der Waals surface area contributed by atoms with E-state index in [4.69, 9.17) is 4.74 Å². The number of hydrogen-bond donors (Lipinski definition) is 1. The number of hydrogen-bond acceptors (Lipinski definition) is 5. The largest absolute Gasteiger partial charge is 0.489 e. The Morgan fingerprint density at radius 2 is 1.82 bits per heavy atom.